The third kappa shape index (κ3) is 3.50. The third-order valence-corrected chi connectivity index (χ3v) is 4.69. The average molecular weight is 311 g/mol. The summed E-state index contributed by atoms with van der Waals surface area (Å²) in [6.45, 7) is 0.509. The lowest BCUT2D eigenvalue weighted by atomic mass is 10.2. The first kappa shape index (κ1) is 15.3. The van der Waals surface area contributed by atoms with E-state index < -0.39 is 10.0 Å². The normalized spacial score (nSPS) is 11.8. The molecule has 9 heteroatoms. The van der Waals surface area contributed by atoms with Crippen molar-refractivity contribution >= 4 is 21.4 Å². The number of nitrogens with zero attached hydrogens (tertiary/aromatic N) is 3. The van der Waals surface area contributed by atoms with Crippen molar-refractivity contribution in [3.05, 3.63) is 30.4 Å². The number of sulfonamides is 1. The van der Waals surface area contributed by atoms with Crippen molar-refractivity contribution in [2.75, 3.05) is 31.7 Å². The van der Waals surface area contributed by atoms with Gasteiger partial charge in [-0.25, -0.2) is 12.7 Å². The van der Waals surface area contributed by atoms with Crippen LogP contribution in [0.5, 0.6) is 0 Å². The van der Waals surface area contributed by atoms with E-state index in [0.29, 0.717) is 30.2 Å². The topological polar surface area (TPSA) is 114 Å². The lowest BCUT2D eigenvalue weighted by Crippen LogP contribution is -2.22. The van der Waals surface area contributed by atoms with E-state index in [-0.39, 0.29) is 4.90 Å². The highest BCUT2D eigenvalue weighted by atomic mass is 32.2. The highest BCUT2D eigenvalue weighted by Gasteiger charge is 2.18. The lowest BCUT2D eigenvalue weighted by Gasteiger charge is -2.14. The molecule has 0 atom stereocenters. The predicted octanol–water partition coefficient (Wildman–Crippen LogP) is 0.557. The Hall–Kier alpha value is -2.13. The van der Waals surface area contributed by atoms with E-state index in [9.17, 15) is 8.42 Å². The van der Waals surface area contributed by atoms with Crippen LogP contribution in [0, 0.1) is 0 Å². The van der Waals surface area contributed by atoms with Crippen molar-refractivity contribution in [1.82, 2.24) is 14.4 Å². The molecule has 0 saturated heterocycles. The number of aromatic nitrogens is 2. The summed E-state index contributed by atoms with van der Waals surface area (Å²) in [5.74, 6) is 0.568. The fourth-order valence-corrected chi connectivity index (χ4v) is 2.60. The second-order valence-corrected chi connectivity index (χ2v) is 6.71. The van der Waals surface area contributed by atoms with Crippen molar-refractivity contribution in [2.45, 2.75) is 11.3 Å². The van der Waals surface area contributed by atoms with Crippen LogP contribution >= 0.6 is 0 Å². The molecule has 21 heavy (non-hydrogen) atoms. The van der Waals surface area contributed by atoms with Crippen LogP contribution < -0.4 is 11.1 Å². The van der Waals surface area contributed by atoms with Gasteiger partial charge < -0.3 is 15.6 Å². The molecule has 2 aromatic rings. The van der Waals surface area contributed by atoms with Gasteiger partial charge in [0.15, 0.2) is 5.82 Å². The van der Waals surface area contributed by atoms with Crippen LogP contribution in [-0.2, 0) is 16.4 Å². The van der Waals surface area contributed by atoms with Gasteiger partial charge in [0.25, 0.3) is 0 Å². The second-order valence-electron chi connectivity index (χ2n) is 4.56. The van der Waals surface area contributed by atoms with Crippen molar-refractivity contribution in [3.63, 3.8) is 0 Å². The lowest BCUT2D eigenvalue weighted by molar-refractivity contribution is 0.410. The number of benzene rings is 1. The maximum Gasteiger partial charge on any atom is 0.242 e. The highest BCUT2D eigenvalue weighted by Crippen LogP contribution is 2.24. The molecule has 0 aliphatic heterocycles. The first-order valence-corrected chi connectivity index (χ1v) is 7.66. The van der Waals surface area contributed by atoms with Crippen LogP contribution in [0.25, 0.3) is 0 Å². The van der Waals surface area contributed by atoms with Gasteiger partial charge in [-0.05, 0) is 18.2 Å². The molecule has 0 aliphatic rings. The average Bonchev–Trinajstić information content (AvgIpc) is 2.93. The fourth-order valence-electron chi connectivity index (χ4n) is 1.67. The second kappa shape index (κ2) is 6.10. The molecular weight excluding hydrogens is 294 g/mol. The first-order chi connectivity index (χ1) is 9.91. The Labute approximate surface area is 123 Å². The summed E-state index contributed by atoms with van der Waals surface area (Å²) in [5, 5.41) is 6.76. The van der Waals surface area contributed by atoms with E-state index in [4.69, 9.17) is 5.73 Å². The van der Waals surface area contributed by atoms with Gasteiger partial charge in [-0.3, -0.25) is 0 Å². The molecular formula is C12H17N5O3S. The summed E-state index contributed by atoms with van der Waals surface area (Å²) in [6.07, 6.45) is 1.80. The third-order valence-electron chi connectivity index (χ3n) is 2.87. The van der Waals surface area contributed by atoms with Crippen LogP contribution in [0.15, 0.2) is 34.0 Å². The Morgan fingerprint density at radius 3 is 2.76 bits per heavy atom. The van der Waals surface area contributed by atoms with E-state index in [1.54, 1.807) is 6.07 Å². The van der Waals surface area contributed by atoms with E-state index >= 15 is 0 Å². The molecule has 0 radical (unpaired) electrons. The summed E-state index contributed by atoms with van der Waals surface area (Å²) in [5.41, 5.74) is 6.88. The molecule has 0 bridgehead atoms. The molecule has 1 aromatic carbocycles. The van der Waals surface area contributed by atoms with E-state index in [1.807, 2.05) is 0 Å². The van der Waals surface area contributed by atoms with Gasteiger partial charge in [-0.1, -0.05) is 5.16 Å². The van der Waals surface area contributed by atoms with Crippen molar-refractivity contribution < 1.29 is 12.9 Å². The van der Waals surface area contributed by atoms with Crippen molar-refractivity contribution in [1.29, 1.82) is 0 Å². The van der Waals surface area contributed by atoms with Crippen LogP contribution in [0.3, 0.4) is 0 Å². The molecule has 0 unspecified atom stereocenters. The number of hydrogen-bond acceptors (Lipinski definition) is 7. The number of nitrogens with one attached hydrogen (secondary N) is 1. The van der Waals surface area contributed by atoms with Gasteiger partial charge in [0.1, 0.15) is 0 Å². The quantitative estimate of drug-likeness (QED) is 0.749. The van der Waals surface area contributed by atoms with Gasteiger partial charge in [-0.15, -0.1) is 0 Å². The van der Waals surface area contributed by atoms with Gasteiger partial charge >= 0.3 is 0 Å². The molecule has 8 nitrogen and oxygen atoms in total. The summed E-state index contributed by atoms with van der Waals surface area (Å²) >= 11 is 0. The fraction of sp³-hybridized carbons (Fsp3) is 0.333. The Kier molecular flexibility index (Phi) is 4.43. The monoisotopic (exact) mass is 311 g/mol. The van der Waals surface area contributed by atoms with E-state index in [2.05, 4.69) is 20.0 Å². The highest BCUT2D eigenvalue weighted by molar-refractivity contribution is 7.89. The number of nitrogen functional groups attached to an aromatic ring is 1. The summed E-state index contributed by atoms with van der Waals surface area (Å²) in [4.78, 5) is 4.08. The molecule has 0 aliphatic carbocycles. The smallest absolute Gasteiger partial charge is 0.242 e. The zero-order valence-electron chi connectivity index (χ0n) is 11.8. The molecule has 1 heterocycles. The van der Waals surface area contributed by atoms with Gasteiger partial charge in [0.05, 0.1) is 16.3 Å². The molecule has 0 saturated carbocycles. The molecule has 114 valence electrons. The van der Waals surface area contributed by atoms with Crippen molar-refractivity contribution in [2.24, 2.45) is 0 Å². The maximum atomic E-state index is 12.1. The van der Waals surface area contributed by atoms with Gasteiger partial charge in [-0.2, -0.15) is 4.98 Å². The van der Waals surface area contributed by atoms with Crippen LogP contribution in [0.2, 0.25) is 0 Å². The van der Waals surface area contributed by atoms with E-state index in [1.165, 1.54) is 32.6 Å². The summed E-state index contributed by atoms with van der Waals surface area (Å²) in [6, 6.07) is 4.56. The summed E-state index contributed by atoms with van der Waals surface area (Å²) in [7, 11) is -0.524. The maximum absolute atomic E-state index is 12.1. The Bertz CT molecular complexity index is 698. The SMILES string of the molecule is CN(C)S(=O)(=O)c1ccc(N)c(NCCc2ncon2)c1. The van der Waals surface area contributed by atoms with Crippen molar-refractivity contribution in [3.8, 4) is 0 Å². The minimum atomic E-state index is -3.49. The minimum Gasteiger partial charge on any atom is -0.397 e. The van der Waals surface area contributed by atoms with Crippen LogP contribution in [0.1, 0.15) is 5.82 Å². The van der Waals surface area contributed by atoms with Crippen LogP contribution in [-0.4, -0.2) is 43.5 Å². The molecule has 0 amide bonds. The van der Waals surface area contributed by atoms with Gasteiger partial charge in [0.2, 0.25) is 16.4 Å². The Morgan fingerprint density at radius 1 is 1.38 bits per heavy atom. The standard InChI is InChI=1S/C12H17N5O3S/c1-17(2)21(18,19)9-3-4-10(13)11(7-9)14-6-5-12-15-8-20-16-12/h3-4,7-8,14H,5-6,13H2,1-2H3. The number of anilines is 2. The summed E-state index contributed by atoms with van der Waals surface area (Å²) < 4.78 is 29.9. The molecule has 0 spiro atoms. The number of rotatable bonds is 6. The molecule has 3 N–H and O–H groups in total. The molecule has 2 rings (SSSR count). The Morgan fingerprint density at radius 2 is 2.14 bits per heavy atom. The predicted molar refractivity (Wildman–Crippen MR) is 78.2 cm³/mol. The number of nitrogens with two attached hydrogens (primary N) is 1. The molecule has 0 fully saturated rings. The molecule has 1 aromatic heterocycles. The minimum absolute atomic E-state index is 0.184. The van der Waals surface area contributed by atoms with Crippen LogP contribution in [0.4, 0.5) is 11.4 Å². The van der Waals surface area contributed by atoms with Gasteiger partial charge in [0, 0.05) is 27.1 Å². The first-order valence-electron chi connectivity index (χ1n) is 6.22. The number of hydrogen-bond donors (Lipinski definition) is 2. The zero-order chi connectivity index (χ0) is 15.5. The largest absolute Gasteiger partial charge is 0.397 e. The van der Waals surface area contributed by atoms with E-state index in [0.717, 1.165) is 4.31 Å². The zero-order valence-corrected chi connectivity index (χ0v) is 12.6. The Balaban J connectivity index is 2.12.